The summed E-state index contributed by atoms with van der Waals surface area (Å²) in [5.41, 5.74) is 9.45. The van der Waals surface area contributed by atoms with Crippen molar-refractivity contribution < 1.29 is 43.6 Å². The molecule has 0 aliphatic carbocycles. The normalized spacial score (nSPS) is 15.5. The van der Waals surface area contributed by atoms with Crippen molar-refractivity contribution in [1.82, 2.24) is 25.4 Å². The molecule has 15 heteroatoms. The standard InChI is InChI=1S/C55H67N5O9S/c1-7-46(39-11-9-8-10-12-39)50(40-17-21-43(61)22-18-40)41-19-23-45(24-20-41)69-30-27-59(6)49(64)26-29-68-32-31-67-28-25-48(63)58-52(55(3,4)5)54(66)60-35-44(62)33-47(60)53(65)56-34-38-13-15-42(16-14-38)51-37(2)57-36-70-51/h8-24,36,44,47,52,61-62H,7,25-35H2,1-6H3,(H,56,65)(H,58,63)/b50-46-/t44?,47-,52+/m0/s1. The van der Waals surface area contributed by atoms with Gasteiger partial charge in [-0.05, 0) is 82.0 Å². The van der Waals surface area contributed by atoms with E-state index < -0.39 is 29.5 Å². The van der Waals surface area contributed by atoms with Crippen LogP contribution in [0.15, 0.2) is 109 Å². The number of ether oxygens (including phenoxy) is 3. The minimum atomic E-state index is -0.950. The highest BCUT2D eigenvalue weighted by Crippen LogP contribution is 2.36. The monoisotopic (exact) mass is 973 g/mol. The number of phenols is 1. The van der Waals surface area contributed by atoms with Gasteiger partial charge in [-0.1, -0.05) is 107 Å². The van der Waals surface area contributed by atoms with Crippen LogP contribution in [0.5, 0.6) is 11.5 Å². The first-order valence-electron chi connectivity index (χ1n) is 23.9. The lowest BCUT2D eigenvalue weighted by Crippen LogP contribution is -2.57. The molecule has 372 valence electrons. The van der Waals surface area contributed by atoms with Gasteiger partial charge in [-0.3, -0.25) is 19.2 Å². The largest absolute Gasteiger partial charge is 0.508 e. The van der Waals surface area contributed by atoms with Crippen molar-refractivity contribution in [2.75, 3.05) is 53.2 Å². The number of hydrogen-bond donors (Lipinski definition) is 4. The predicted octanol–water partition coefficient (Wildman–Crippen LogP) is 7.65. The molecule has 70 heavy (non-hydrogen) atoms. The molecule has 0 spiro atoms. The van der Waals surface area contributed by atoms with Gasteiger partial charge in [0.15, 0.2) is 0 Å². The summed E-state index contributed by atoms with van der Waals surface area (Å²) in [4.78, 5) is 61.7. The van der Waals surface area contributed by atoms with E-state index in [2.05, 4.69) is 34.7 Å². The minimum absolute atomic E-state index is 0.00477. The van der Waals surface area contributed by atoms with Crippen molar-refractivity contribution in [3.8, 4) is 21.9 Å². The van der Waals surface area contributed by atoms with Crippen LogP contribution in [0.25, 0.3) is 21.6 Å². The molecule has 14 nitrogen and oxygen atoms in total. The van der Waals surface area contributed by atoms with Crippen LogP contribution in [-0.2, 0) is 35.2 Å². The third-order valence-corrected chi connectivity index (χ3v) is 13.2. The number of phenolic OH excluding ortho intramolecular Hbond substituents is 1. The fourth-order valence-electron chi connectivity index (χ4n) is 8.30. The number of likely N-dealkylation sites (N-methyl/N-ethyl adjacent to an activating group) is 1. The maximum atomic E-state index is 14.0. The van der Waals surface area contributed by atoms with E-state index >= 15 is 0 Å². The predicted molar refractivity (Wildman–Crippen MR) is 273 cm³/mol. The summed E-state index contributed by atoms with van der Waals surface area (Å²) in [6.45, 7) is 11.3. The van der Waals surface area contributed by atoms with Gasteiger partial charge in [0, 0.05) is 33.0 Å². The summed E-state index contributed by atoms with van der Waals surface area (Å²) in [5, 5.41) is 26.3. The number of β-amino-alcohol motifs (C(OH)–C–C–N with tert-alkyl or cyclic N) is 1. The van der Waals surface area contributed by atoms with Gasteiger partial charge in [0.25, 0.3) is 0 Å². The minimum Gasteiger partial charge on any atom is -0.508 e. The smallest absolute Gasteiger partial charge is 0.246 e. The molecule has 1 aromatic heterocycles. The van der Waals surface area contributed by atoms with Gasteiger partial charge in [-0.15, -0.1) is 11.3 Å². The number of aryl methyl sites for hydroxylation is 1. The van der Waals surface area contributed by atoms with Gasteiger partial charge in [-0.2, -0.15) is 0 Å². The van der Waals surface area contributed by atoms with Crippen LogP contribution in [-0.4, -0.2) is 120 Å². The van der Waals surface area contributed by atoms with E-state index in [4.69, 9.17) is 14.2 Å². The van der Waals surface area contributed by atoms with E-state index in [0.717, 1.165) is 50.4 Å². The summed E-state index contributed by atoms with van der Waals surface area (Å²) >= 11 is 1.57. The zero-order valence-corrected chi connectivity index (χ0v) is 41.9. The highest BCUT2D eigenvalue weighted by atomic mass is 32.1. The Morgan fingerprint density at radius 1 is 0.843 bits per heavy atom. The highest BCUT2D eigenvalue weighted by Gasteiger charge is 2.44. The lowest BCUT2D eigenvalue weighted by Gasteiger charge is -2.35. The number of aliphatic hydroxyl groups excluding tert-OH is 1. The average molecular weight is 974 g/mol. The van der Waals surface area contributed by atoms with Gasteiger partial charge in [-0.25, -0.2) is 4.98 Å². The van der Waals surface area contributed by atoms with Gasteiger partial charge < -0.3 is 44.9 Å². The molecule has 2 heterocycles. The molecule has 1 fully saturated rings. The first-order chi connectivity index (χ1) is 33.6. The third kappa shape index (κ3) is 14.8. The number of aromatic nitrogens is 1. The third-order valence-electron chi connectivity index (χ3n) is 12.2. The van der Waals surface area contributed by atoms with Crippen molar-refractivity contribution in [1.29, 1.82) is 0 Å². The Morgan fingerprint density at radius 3 is 2.10 bits per heavy atom. The van der Waals surface area contributed by atoms with Crippen LogP contribution in [0.4, 0.5) is 0 Å². The van der Waals surface area contributed by atoms with Crippen LogP contribution < -0.4 is 15.4 Å². The Morgan fingerprint density at radius 2 is 1.49 bits per heavy atom. The number of rotatable bonds is 23. The van der Waals surface area contributed by atoms with E-state index in [1.165, 1.54) is 10.5 Å². The molecule has 4 aromatic carbocycles. The van der Waals surface area contributed by atoms with Crippen molar-refractivity contribution in [2.45, 2.75) is 85.0 Å². The lowest BCUT2D eigenvalue weighted by molar-refractivity contribution is -0.144. The van der Waals surface area contributed by atoms with E-state index in [1.54, 1.807) is 35.4 Å². The van der Waals surface area contributed by atoms with Crippen LogP contribution in [0, 0.1) is 12.3 Å². The average Bonchev–Trinajstić information content (AvgIpc) is 3.97. The molecular weight excluding hydrogens is 907 g/mol. The molecule has 1 saturated heterocycles. The number of thiazole rings is 1. The Bertz CT molecular complexity index is 2520. The second-order valence-electron chi connectivity index (χ2n) is 18.5. The van der Waals surface area contributed by atoms with Crippen LogP contribution in [0.2, 0.25) is 0 Å². The van der Waals surface area contributed by atoms with Crippen LogP contribution in [0.1, 0.15) is 81.3 Å². The Balaban J connectivity index is 0.869. The van der Waals surface area contributed by atoms with Gasteiger partial charge in [0.05, 0.1) is 61.6 Å². The Labute approximate surface area is 415 Å². The van der Waals surface area contributed by atoms with Crippen LogP contribution >= 0.6 is 11.3 Å². The molecule has 6 rings (SSSR count). The van der Waals surface area contributed by atoms with E-state index in [0.29, 0.717) is 18.9 Å². The second kappa shape index (κ2) is 25.5. The first kappa shape index (κ1) is 53.0. The topological polar surface area (TPSA) is 180 Å². The van der Waals surface area contributed by atoms with Gasteiger partial charge >= 0.3 is 0 Å². The molecule has 4 amide bonds. The number of carbonyl (C=O) groups is 4. The molecule has 1 aliphatic rings. The van der Waals surface area contributed by atoms with E-state index in [1.807, 2.05) is 112 Å². The number of nitrogens with one attached hydrogen (secondary N) is 2. The Hall–Kier alpha value is -6.39. The van der Waals surface area contributed by atoms with Crippen molar-refractivity contribution >= 4 is 46.1 Å². The van der Waals surface area contributed by atoms with E-state index in [-0.39, 0.29) is 82.3 Å². The number of nitrogens with zero attached hydrogens (tertiary/aromatic N) is 3. The van der Waals surface area contributed by atoms with Crippen molar-refractivity contribution in [2.24, 2.45) is 5.41 Å². The SMILES string of the molecule is CC/C(=C(\c1ccc(O)cc1)c1ccc(OCCN(C)C(=O)CCOCCOCCC(=O)N[C@H](C(=O)N2CC(O)C[C@H]2C(=O)NCc2ccc(-c3scnc3C)cc2)C(C)(C)C)cc1)c1ccccc1. The van der Waals surface area contributed by atoms with Crippen molar-refractivity contribution in [3.63, 3.8) is 0 Å². The number of carbonyl (C=O) groups excluding carboxylic acids is 4. The molecular formula is C55H67N5O9S. The second-order valence-corrected chi connectivity index (χ2v) is 19.3. The molecule has 0 saturated carbocycles. The number of likely N-dealkylation sites (tertiary alicyclic amines) is 1. The maximum Gasteiger partial charge on any atom is 0.246 e. The Kier molecular flexibility index (Phi) is 19.3. The molecule has 5 aromatic rings. The number of allylic oxidation sites excluding steroid dienone is 1. The lowest BCUT2D eigenvalue weighted by atomic mass is 9.85. The molecule has 3 atom stereocenters. The fraction of sp³-hybridized carbons (Fsp3) is 0.400. The van der Waals surface area contributed by atoms with Gasteiger partial charge in [0.1, 0.15) is 30.2 Å². The molecule has 4 N–H and O–H groups in total. The zero-order valence-electron chi connectivity index (χ0n) is 41.1. The molecule has 0 radical (unpaired) electrons. The number of benzene rings is 4. The summed E-state index contributed by atoms with van der Waals surface area (Å²) in [7, 11) is 1.72. The summed E-state index contributed by atoms with van der Waals surface area (Å²) in [5.74, 6) is -0.384. The molecule has 0 bridgehead atoms. The summed E-state index contributed by atoms with van der Waals surface area (Å²) < 4.78 is 17.3. The summed E-state index contributed by atoms with van der Waals surface area (Å²) in [6.07, 6.45) is 0.214. The number of hydrogen-bond acceptors (Lipinski definition) is 11. The fourth-order valence-corrected chi connectivity index (χ4v) is 9.11. The number of amides is 4. The zero-order chi connectivity index (χ0) is 50.2. The van der Waals surface area contributed by atoms with Crippen molar-refractivity contribution in [3.05, 3.63) is 137 Å². The van der Waals surface area contributed by atoms with E-state index in [9.17, 15) is 29.4 Å². The number of aromatic hydroxyl groups is 1. The quantitative estimate of drug-likeness (QED) is 0.0375. The highest BCUT2D eigenvalue weighted by molar-refractivity contribution is 7.13. The number of aliphatic hydroxyl groups is 1. The first-order valence-corrected chi connectivity index (χ1v) is 24.8. The van der Waals surface area contributed by atoms with Gasteiger partial charge in [0.2, 0.25) is 23.6 Å². The molecule has 1 aliphatic heterocycles. The summed E-state index contributed by atoms with van der Waals surface area (Å²) in [6, 6.07) is 31.5. The molecule has 1 unspecified atom stereocenters. The maximum absolute atomic E-state index is 14.0. The van der Waals surface area contributed by atoms with Crippen LogP contribution in [0.3, 0.4) is 0 Å².